The first-order chi connectivity index (χ1) is 7.18. The number of rotatable bonds is 1. The van der Waals surface area contributed by atoms with Gasteiger partial charge in [0.15, 0.2) is 0 Å². The fraction of sp³-hybridized carbons (Fsp3) is 0.0833. The van der Waals surface area contributed by atoms with Crippen molar-refractivity contribution in [2.75, 3.05) is 5.73 Å². The van der Waals surface area contributed by atoms with E-state index in [1.807, 2.05) is 43.5 Å². The zero-order valence-corrected chi connectivity index (χ0v) is 9.95. The van der Waals surface area contributed by atoms with Crippen LogP contribution in [0, 0.1) is 6.92 Å². The van der Waals surface area contributed by atoms with E-state index >= 15 is 0 Å². The Morgan fingerprint density at radius 1 is 1.27 bits per heavy atom. The molecule has 3 heteroatoms. The van der Waals surface area contributed by atoms with Crippen LogP contribution in [0.3, 0.4) is 0 Å². The maximum atomic E-state index is 5.94. The minimum Gasteiger partial charge on any atom is -0.397 e. The molecule has 0 spiro atoms. The highest BCUT2D eigenvalue weighted by Crippen LogP contribution is 2.30. The molecule has 76 valence electrons. The van der Waals surface area contributed by atoms with Crippen molar-refractivity contribution >= 4 is 21.6 Å². The number of halogens is 1. The van der Waals surface area contributed by atoms with Crippen LogP contribution in [-0.2, 0) is 0 Å². The summed E-state index contributed by atoms with van der Waals surface area (Å²) < 4.78 is 1.01. The monoisotopic (exact) mass is 262 g/mol. The molecule has 1 heterocycles. The molecular weight excluding hydrogens is 252 g/mol. The lowest BCUT2D eigenvalue weighted by molar-refractivity contribution is 1.27. The SMILES string of the molecule is Cc1cnc(-c2ccccc2Br)c(N)c1. The van der Waals surface area contributed by atoms with Crippen LogP contribution in [0.25, 0.3) is 11.3 Å². The number of hydrogen-bond acceptors (Lipinski definition) is 2. The van der Waals surface area contributed by atoms with Crippen molar-refractivity contribution < 1.29 is 0 Å². The fourth-order valence-corrected chi connectivity index (χ4v) is 1.94. The highest BCUT2D eigenvalue weighted by atomic mass is 79.9. The van der Waals surface area contributed by atoms with Crippen LogP contribution in [0.5, 0.6) is 0 Å². The molecule has 0 unspecified atom stereocenters. The fourth-order valence-electron chi connectivity index (χ4n) is 1.47. The first kappa shape index (κ1) is 10.2. The highest BCUT2D eigenvalue weighted by molar-refractivity contribution is 9.10. The van der Waals surface area contributed by atoms with E-state index in [1.165, 1.54) is 0 Å². The molecule has 15 heavy (non-hydrogen) atoms. The molecule has 0 amide bonds. The van der Waals surface area contributed by atoms with Gasteiger partial charge in [0, 0.05) is 16.2 Å². The van der Waals surface area contributed by atoms with Crippen molar-refractivity contribution in [1.29, 1.82) is 0 Å². The van der Waals surface area contributed by atoms with Gasteiger partial charge < -0.3 is 5.73 Å². The normalized spacial score (nSPS) is 10.3. The van der Waals surface area contributed by atoms with E-state index < -0.39 is 0 Å². The second kappa shape index (κ2) is 4.03. The number of nitrogen functional groups attached to an aromatic ring is 1. The molecular formula is C12H11BrN2. The zero-order valence-electron chi connectivity index (χ0n) is 8.37. The molecule has 2 rings (SSSR count). The van der Waals surface area contributed by atoms with E-state index in [2.05, 4.69) is 20.9 Å². The maximum absolute atomic E-state index is 5.94. The van der Waals surface area contributed by atoms with Gasteiger partial charge in [0.25, 0.3) is 0 Å². The average Bonchev–Trinajstić information content (AvgIpc) is 2.20. The molecule has 2 aromatic rings. The topological polar surface area (TPSA) is 38.9 Å². The van der Waals surface area contributed by atoms with Crippen molar-refractivity contribution in [1.82, 2.24) is 4.98 Å². The van der Waals surface area contributed by atoms with Gasteiger partial charge in [-0.3, -0.25) is 4.98 Å². The van der Waals surface area contributed by atoms with Crippen LogP contribution >= 0.6 is 15.9 Å². The summed E-state index contributed by atoms with van der Waals surface area (Å²) in [7, 11) is 0. The Hall–Kier alpha value is -1.35. The van der Waals surface area contributed by atoms with E-state index in [4.69, 9.17) is 5.73 Å². The third kappa shape index (κ3) is 2.02. The van der Waals surface area contributed by atoms with E-state index in [0.717, 1.165) is 21.3 Å². The molecule has 0 saturated carbocycles. The third-order valence-corrected chi connectivity index (χ3v) is 2.87. The molecule has 0 atom stereocenters. The lowest BCUT2D eigenvalue weighted by Gasteiger charge is -2.07. The van der Waals surface area contributed by atoms with Gasteiger partial charge in [0.1, 0.15) is 0 Å². The first-order valence-electron chi connectivity index (χ1n) is 4.65. The maximum Gasteiger partial charge on any atom is 0.0942 e. The standard InChI is InChI=1S/C12H11BrN2/c1-8-6-11(14)12(15-7-8)9-4-2-3-5-10(9)13/h2-7H,14H2,1H3. The molecule has 0 saturated heterocycles. The number of hydrogen-bond donors (Lipinski definition) is 1. The van der Waals surface area contributed by atoms with Gasteiger partial charge in [-0.2, -0.15) is 0 Å². The predicted octanol–water partition coefficient (Wildman–Crippen LogP) is 3.40. The minimum atomic E-state index is 0.710. The summed E-state index contributed by atoms with van der Waals surface area (Å²) in [4.78, 5) is 4.35. The summed E-state index contributed by atoms with van der Waals surface area (Å²) in [6.45, 7) is 1.98. The summed E-state index contributed by atoms with van der Waals surface area (Å²) in [6, 6.07) is 9.86. The summed E-state index contributed by atoms with van der Waals surface area (Å²) in [5, 5.41) is 0. The number of nitrogens with zero attached hydrogens (tertiary/aromatic N) is 1. The zero-order chi connectivity index (χ0) is 10.8. The Morgan fingerprint density at radius 2 is 2.00 bits per heavy atom. The van der Waals surface area contributed by atoms with Gasteiger partial charge in [0.05, 0.1) is 11.4 Å². The van der Waals surface area contributed by atoms with Crippen molar-refractivity contribution in [3.8, 4) is 11.3 Å². The van der Waals surface area contributed by atoms with Crippen LogP contribution in [0.1, 0.15) is 5.56 Å². The molecule has 0 aliphatic carbocycles. The average molecular weight is 263 g/mol. The number of benzene rings is 1. The van der Waals surface area contributed by atoms with E-state index in [0.29, 0.717) is 5.69 Å². The molecule has 0 aliphatic heterocycles. The number of nitrogens with two attached hydrogens (primary N) is 1. The summed E-state index contributed by atoms with van der Waals surface area (Å²) in [5.41, 5.74) is 9.57. The van der Waals surface area contributed by atoms with Crippen LogP contribution in [0.15, 0.2) is 41.0 Å². The molecule has 2 nitrogen and oxygen atoms in total. The lowest BCUT2D eigenvalue weighted by Crippen LogP contribution is -1.94. The number of aryl methyl sites for hydroxylation is 1. The molecule has 2 N–H and O–H groups in total. The Bertz CT molecular complexity index is 495. The number of anilines is 1. The second-order valence-electron chi connectivity index (χ2n) is 3.43. The van der Waals surface area contributed by atoms with Gasteiger partial charge in [-0.15, -0.1) is 0 Å². The molecule has 1 aromatic heterocycles. The molecule has 0 aliphatic rings. The first-order valence-corrected chi connectivity index (χ1v) is 5.45. The van der Waals surface area contributed by atoms with Gasteiger partial charge in [-0.05, 0) is 24.6 Å². The molecule has 1 aromatic carbocycles. The van der Waals surface area contributed by atoms with Crippen LogP contribution in [-0.4, -0.2) is 4.98 Å². The van der Waals surface area contributed by atoms with Crippen LogP contribution in [0.2, 0.25) is 0 Å². The van der Waals surface area contributed by atoms with Crippen molar-refractivity contribution in [3.63, 3.8) is 0 Å². The van der Waals surface area contributed by atoms with Gasteiger partial charge >= 0.3 is 0 Å². The number of pyridine rings is 1. The second-order valence-corrected chi connectivity index (χ2v) is 4.28. The largest absolute Gasteiger partial charge is 0.397 e. The third-order valence-electron chi connectivity index (χ3n) is 2.18. The van der Waals surface area contributed by atoms with E-state index in [9.17, 15) is 0 Å². The van der Waals surface area contributed by atoms with E-state index in [1.54, 1.807) is 0 Å². The number of aromatic nitrogens is 1. The summed E-state index contributed by atoms with van der Waals surface area (Å²) in [6.07, 6.45) is 1.82. The van der Waals surface area contributed by atoms with Crippen LogP contribution in [0.4, 0.5) is 5.69 Å². The Kier molecular flexibility index (Phi) is 2.73. The van der Waals surface area contributed by atoms with Gasteiger partial charge in [-0.1, -0.05) is 34.1 Å². The Balaban J connectivity index is 2.60. The Labute approximate surface area is 97.3 Å². The molecule has 0 bridgehead atoms. The smallest absolute Gasteiger partial charge is 0.0942 e. The minimum absolute atomic E-state index is 0.710. The van der Waals surface area contributed by atoms with Crippen LogP contribution < -0.4 is 5.73 Å². The summed E-state index contributed by atoms with van der Waals surface area (Å²) >= 11 is 3.49. The van der Waals surface area contributed by atoms with Crippen molar-refractivity contribution in [2.24, 2.45) is 0 Å². The molecule has 0 fully saturated rings. The lowest BCUT2D eigenvalue weighted by atomic mass is 10.1. The van der Waals surface area contributed by atoms with Crippen molar-refractivity contribution in [3.05, 3.63) is 46.6 Å². The van der Waals surface area contributed by atoms with E-state index in [-0.39, 0.29) is 0 Å². The van der Waals surface area contributed by atoms with Gasteiger partial charge in [0.2, 0.25) is 0 Å². The Morgan fingerprint density at radius 3 is 2.67 bits per heavy atom. The molecule has 0 radical (unpaired) electrons. The quantitative estimate of drug-likeness (QED) is 0.856. The van der Waals surface area contributed by atoms with Crippen molar-refractivity contribution in [2.45, 2.75) is 6.92 Å². The highest BCUT2D eigenvalue weighted by Gasteiger charge is 2.07. The predicted molar refractivity (Wildman–Crippen MR) is 66.5 cm³/mol. The summed E-state index contributed by atoms with van der Waals surface area (Å²) in [5.74, 6) is 0. The van der Waals surface area contributed by atoms with Gasteiger partial charge in [-0.25, -0.2) is 0 Å².